The first-order chi connectivity index (χ1) is 8.70. The number of fused-ring (bicyclic) bond motifs is 1. The smallest absolute Gasteiger partial charge is 0.0743 e. The molecule has 0 bridgehead atoms. The molecule has 0 aliphatic heterocycles. The Morgan fingerprint density at radius 1 is 1.39 bits per heavy atom. The summed E-state index contributed by atoms with van der Waals surface area (Å²) in [7, 11) is 0. The minimum Gasteiger partial charge on any atom is -0.399 e. The largest absolute Gasteiger partial charge is 0.399 e. The molecule has 4 heteroatoms. The second kappa shape index (κ2) is 5.96. The van der Waals surface area contributed by atoms with Crippen LogP contribution < -0.4 is 11.1 Å². The van der Waals surface area contributed by atoms with Crippen molar-refractivity contribution in [3.05, 3.63) is 30.5 Å². The summed E-state index contributed by atoms with van der Waals surface area (Å²) in [6, 6.07) is 8.32. The van der Waals surface area contributed by atoms with E-state index in [0.29, 0.717) is 6.04 Å². The van der Waals surface area contributed by atoms with E-state index in [4.69, 9.17) is 5.73 Å². The fraction of sp³-hybridized carbons (Fsp3) is 0.357. The molecule has 2 rings (SSSR count). The highest BCUT2D eigenvalue weighted by molar-refractivity contribution is 7.99. The molecule has 1 heterocycles. The average Bonchev–Trinajstić information content (AvgIpc) is 2.36. The number of nitrogens with zero attached hydrogens (tertiary/aromatic N) is 1. The zero-order valence-electron chi connectivity index (χ0n) is 10.8. The Labute approximate surface area is 112 Å². The number of rotatable bonds is 5. The maximum atomic E-state index is 5.78. The van der Waals surface area contributed by atoms with E-state index in [1.807, 2.05) is 42.2 Å². The monoisotopic (exact) mass is 261 g/mol. The molecule has 2 aromatic rings. The summed E-state index contributed by atoms with van der Waals surface area (Å²) >= 11 is 1.95. The van der Waals surface area contributed by atoms with E-state index in [1.165, 1.54) is 0 Å². The third-order valence-electron chi connectivity index (χ3n) is 2.74. The lowest BCUT2D eigenvalue weighted by Crippen LogP contribution is -2.18. The van der Waals surface area contributed by atoms with Crippen LogP contribution in [0, 0.1) is 0 Å². The number of nitrogen functional groups attached to an aromatic ring is 1. The summed E-state index contributed by atoms with van der Waals surface area (Å²) in [5, 5.41) is 4.66. The molecule has 0 spiro atoms. The number of nitrogens with two attached hydrogens (primary N) is 1. The van der Waals surface area contributed by atoms with E-state index >= 15 is 0 Å². The van der Waals surface area contributed by atoms with Gasteiger partial charge in [-0.25, -0.2) is 0 Å². The molecule has 0 saturated heterocycles. The minimum atomic E-state index is 0.443. The van der Waals surface area contributed by atoms with Gasteiger partial charge in [0.2, 0.25) is 0 Å². The molecule has 0 radical (unpaired) electrons. The van der Waals surface area contributed by atoms with Gasteiger partial charge in [-0.3, -0.25) is 4.98 Å². The Kier molecular flexibility index (Phi) is 4.31. The quantitative estimate of drug-likeness (QED) is 0.810. The first-order valence-electron chi connectivity index (χ1n) is 6.19. The number of nitrogens with one attached hydrogen (secondary N) is 1. The summed E-state index contributed by atoms with van der Waals surface area (Å²) in [5.41, 5.74) is 8.60. The van der Waals surface area contributed by atoms with Gasteiger partial charge >= 0.3 is 0 Å². The lowest BCUT2D eigenvalue weighted by Gasteiger charge is -2.16. The summed E-state index contributed by atoms with van der Waals surface area (Å²) in [6.07, 6.45) is 1.82. The predicted octanol–water partition coefficient (Wildman–Crippen LogP) is 3.37. The van der Waals surface area contributed by atoms with E-state index in [-0.39, 0.29) is 0 Å². The number of aromatic nitrogens is 1. The van der Waals surface area contributed by atoms with Crippen LogP contribution in [0.3, 0.4) is 0 Å². The third kappa shape index (κ3) is 3.07. The first-order valence-corrected chi connectivity index (χ1v) is 7.34. The molecule has 0 fully saturated rings. The van der Waals surface area contributed by atoms with Crippen molar-refractivity contribution in [1.29, 1.82) is 0 Å². The number of hydrogen-bond acceptors (Lipinski definition) is 4. The highest BCUT2D eigenvalue weighted by atomic mass is 32.2. The number of benzene rings is 1. The lowest BCUT2D eigenvalue weighted by atomic mass is 10.1. The highest BCUT2D eigenvalue weighted by Crippen LogP contribution is 2.24. The van der Waals surface area contributed by atoms with Gasteiger partial charge in [0.15, 0.2) is 0 Å². The molecular formula is C14H19N3S. The SMILES string of the molecule is CCSCC(C)Nc1ccnc2cc(N)ccc12. The molecule has 0 amide bonds. The van der Waals surface area contributed by atoms with Crippen LogP contribution >= 0.6 is 11.8 Å². The van der Waals surface area contributed by atoms with Gasteiger partial charge < -0.3 is 11.1 Å². The summed E-state index contributed by atoms with van der Waals surface area (Å²) < 4.78 is 0. The fourth-order valence-electron chi connectivity index (χ4n) is 1.89. The first kappa shape index (κ1) is 13.0. The van der Waals surface area contributed by atoms with Crippen molar-refractivity contribution in [2.75, 3.05) is 22.6 Å². The molecule has 3 nitrogen and oxygen atoms in total. The van der Waals surface area contributed by atoms with Crippen molar-refractivity contribution in [3.8, 4) is 0 Å². The molecule has 1 aromatic heterocycles. The van der Waals surface area contributed by atoms with Crippen molar-refractivity contribution in [3.63, 3.8) is 0 Å². The topological polar surface area (TPSA) is 50.9 Å². The second-order valence-electron chi connectivity index (χ2n) is 4.34. The molecule has 0 aliphatic rings. The minimum absolute atomic E-state index is 0.443. The molecule has 0 aliphatic carbocycles. The molecule has 18 heavy (non-hydrogen) atoms. The van der Waals surface area contributed by atoms with Crippen LogP contribution in [0.15, 0.2) is 30.5 Å². The molecule has 3 N–H and O–H groups in total. The summed E-state index contributed by atoms with van der Waals surface area (Å²) in [5.74, 6) is 2.26. The predicted molar refractivity (Wildman–Crippen MR) is 82.2 cm³/mol. The van der Waals surface area contributed by atoms with Crippen LogP contribution in [0.25, 0.3) is 10.9 Å². The molecule has 1 aromatic carbocycles. The van der Waals surface area contributed by atoms with Crippen LogP contribution in [-0.2, 0) is 0 Å². The number of thioether (sulfide) groups is 1. The van der Waals surface area contributed by atoms with Gasteiger partial charge in [-0.05, 0) is 36.9 Å². The van der Waals surface area contributed by atoms with Crippen LogP contribution in [0.1, 0.15) is 13.8 Å². The maximum absolute atomic E-state index is 5.78. The number of pyridine rings is 1. The van der Waals surface area contributed by atoms with E-state index in [9.17, 15) is 0 Å². The van der Waals surface area contributed by atoms with Crippen molar-refractivity contribution >= 4 is 34.0 Å². The standard InChI is InChI=1S/C14H19N3S/c1-3-18-9-10(2)17-13-6-7-16-14-8-11(15)4-5-12(13)14/h4-8,10H,3,9,15H2,1-2H3,(H,16,17). The lowest BCUT2D eigenvalue weighted by molar-refractivity contribution is 0.915. The zero-order chi connectivity index (χ0) is 13.0. The van der Waals surface area contributed by atoms with Gasteiger partial charge in [-0.1, -0.05) is 6.92 Å². The Morgan fingerprint density at radius 3 is 3.00 bits per heavy atom. The van der Waals surface area contributed by atoms with Crippen molar-refractivity contribution in [2.45, 2.75) is 19.9 Å². The average molecular weight is 261 g/mol. The van der Waals surface area contributed by atoms with Crippen LogP contribution in [-0.4, -0.2) is 22.5 Å². The Hall–Kier alpha value is -1.42. The molecule has 1 unspecified atom stereocenters. The molecule has 0 saturated carbocycles. The van der Waals surface area contributed by atoms with E-state index < -0.39 is 0 Å². The van der Waals surface area contributed by atoms with Crippen molar-refractivity contribution in [2.24, 2.45) is 0 Å². The fourth-order valence-corrected chi connectivity index (χ4v) is 2.57. The van der Waals surface area contributed by atoms with Gasteiger partial charge in [0.25, 0.3) is 0 Å². The van der Waals surface area contributed by atoms with Crippen molar-refractivity contribution in [1.82, 2.24) is 4.98 Å². The van der Waals surface area contributed by atoms with Crippen LogP contribution in [0.5, 0.6) is 0 Å². The van der Waals surface area contributed by atoms with Gasteiger partial charge in [0.1, 0.15) is 0 Å². The summed E-state index contributed by atoms with van der Waals surface area (Å²) in [4.78, 5) is 4.35. The Balaban J connectivity index is 2.22. The van der Waals surface area contributed by atoms with E-state index in [0.717, 1.165) is 33.8 Å². The molecular weight excluding hydrogens is 242 g/mol. The van der Waals surface area contributed by atoms with Crippen LogP contribution in [0.4, 0.5) is 11.4 Å². The van der Waals surface area contributed by atoms with Gasteiger partial charge in [0.05, 0.1) is 5.52 Å². The maximum Gasteiger partial charge on any atom is 0.0743 e. The summed E-state index contributed by atoms with van der Waals surface area (Å²) in [6.45, 7) is 4.38. The number of anilines is 2. The Bertz CT molecular complexity index is 527. The van der Waals surface area contributed by atoms with Crippen molar-refractivity contribution < 1.29 is 0 Å². The van der Waals surface area contributed by atoms with Gasteiger partial charge in [0, 0.05) is 34.8 Å². The van der Waals surface area contributed by atoms with Gasteiger partial charge in [-0.2, -0.15) is 11.8 Å². The second-order valence-corrected chi connectivity index (χ2v) is 5.66. The van der Waals surface area contributed by atoms with Crippen LogP contribution in [0.2, 0.25) is 0 Å². The number of hydrogen-bond donors (Lipinski definition) is 2. The zero-order valence-corrected chi connectivity index (χ0v) is 11.6. The third-order valence-corrected chi connectivity index (χ3v) is 3.88. The highest BCUT2D eigenvalue weighted by Gasteiger charge is 2.06. The Morgan fingerprint density at radius 2 is 2.22 bits per heavy atom. The molecule has 1 atom stereocenters. The van der Waals surface area contributed by atoms with E-state index in [2.05, 4.69) is 24.1 Å². The normalized spacial score (nSPS) is 12.6. The molecule has 96 valence electrons. The van der Waals surface area contributed by atoms with E-state index in [1.54, 1.807) is 0 Å². The van der Waals surface area contributed by atoms with Gasteiger partial charge in [-0.15, -0.1) is 0 Å².